The number of nitrogens with one attached hydrogen (secondary N) is 1. The third-order valence-electron chi connectivity index (χ3n) is 4.57. The van der Waals surface area contributed by atoms with Crippen molar-refractivity contribution in [2.24, 2.45) is 11.8 Å². The van der Waals surface area contributed by atoms with Gasteiger partial charge in [-0.3, -0.25) is 4.90 Å². The van der Waals surface area contributed by atoms with Crippen LogP contribution < -0.4 is 5.32 Å². The lowest BCUT2D eigenvalue weighted by atomic mass is 9.84. The van der Waals surface area contributed by atoms with Crippen LogP contribution >= 0.6 is 0 Å². The van der Waals surface area contributed by atoms with Gasteiger partial charge >= 0.3 is 0 Å². The predicted molar refractivity (Wildman–Crippen MR) is 74.2 cm³/mol. The fourth-order valence-corrected chi connectivity index (χ4v) is 3.21. The number of hydrogen-bond acceptors (Lipinski definition) is 2. The van der Waals surface area contributed by atoms with Crippen molar-refractivity contribution in [3.05, 3.63) is 0 Å². The van der Waals surface area contributed by atoms with Crippen LogP contribution in [0.5, 0.6) is 0 Å². The molecular formula is C15H30N2. The Labute approximate surface area is 107 Å². The van der Waals surface area contributed by atoms with Crippen molar-refractivity contribution in [1.29, 1.82) is 0 Å². The third kappa shape index (κ3) is 3.69. The van der Waals surface area contributed by atoms with Gasteiger partial charge in [0.1, 0.15) is 0 Å². The van der Waals surface area contributed by atoms with E-state index < -0.39 is 0 Å². The first-order chi connectivity index (χ1) is 8.19. The Morgan fingerprint density at radius 3 is 2.59 bits per heavy atom. The van der Waals surface area contributed by atoms with E-state index in [1.807, 2.05) is 0 Å². The second-order valence-corrected chi connectivity index (χ2v) is 6.55. The molecule has 1 aliphatic carbocycles. The number of hydrogen-bond donors (Lipinski definition) is 1. The zero-order valence-corrected chi connectivity index (χ0v) is 11.9. The maximum absolute atomic E-state index is 3.72. The van der Waals surface area contributed by atoms with E-state index >= 15 is 0 Å². The Bertz CT molecular complexity index is 221. The third-order valence-corrected chi connectivity index (χ3v) is 4.57. The minimum atomic E-state index is 0.735. The van der Waals surface area contributed by atoms with E-state index in [-0.39, 0.29) is 0 Å². The van der Waals surface area contributed by atoms with Crippen molar-refractivity contribution in [2.75, 3.05) is 19.6 Å². The molecule has 2 atom stereocenters. The Morgan fingerprint density at radius 1 is 1.29 bits per heavy atom. The molecule has 17 heavy (non-hydrogen) atoms. The van der Waals surface area contributed by atoms with Crippen molar-refractivity contribution in [2.45, 2.75) is 65.0 Å². The second-order valence-electron chi connectivity index (χ2n) is 6.55. The molecule has 0 amide bonds. The summed E-state index contributed by atoms with van der Waals surface area (Å²) in [7, 11) is 0. The van der Waals surface area contributed by atoms with Crippen molar-refractivity contribution in [3.8, 4) is 0 Å². The largest absolute Gasteiger partial charge is 0.311 e. The standard InChI is InChI=1S/C15H30N2/c1-4-14-11-17(10-13-6-5-7-13)15(9-16-14)8-12(2)3/h12-16H,4-11H2,1-3H3. The summed E-state index contributed by atoms with van der Waals surface area (Å²) < 4.78 is 0. The lowest BCUT2D eigenvalue weighted by Crippen LogP contribution is -2.57. The van der Waals surface area contributed by atoms with Crippen LogP contribution in [0, 0.1) is 11.8 Å². The summed E-state index contributed by atoms with van der Waals surface area (Å²) in [4.78, 5) is 2.80. The predicted octanol–water partition coefficient (Wildman–Crippen LogP) is 2.89. The molecule has 2 unspecified atom stereocenters. The summed E-state index contributed by atoms with van der Waals surface area (Å²) in [5, 5.41) is 3.72. The molecule has 1 aliphatic heterocycles. The van der Waals surface area contributed by atoms with Gasteiger partial charge in [-0.15, -0.1) is 0 Å². The van der Waals surface area contributed by atoms with Crippen LogP contribution in [0.3, 0.4) is 0 Å². The highest BCUT2D eigenvalue weighted by atomic mass is 15.2. The molecule has 1 heterocycles. The topological polar surface area (TPSA) is 15.3 Å². The van der Waals surface area contributed by atoms with Gasteiger partial charge in [0.2, 0.25) is 0 Å². The van der Waals surface area contributed by atoms with Crippen molar-refractivity contribution in [3.63, 3.8) is 0 Å². The monoisotopic (exact) mass is 238 g/mol. The molecule has 100 valence electrons. The highest BCUT2D eigenvalue weighted by Gasteiger charge is 2.30. The summed E-state index contributed by atoms with van der Waals surface area (Å²) in [6.45, 7) is 10.9. The van der Waals surface area contributed by atoms with E-state index in [2.05, 4.69) is 31.0 Å². The average Bonchev–Trinajstić information content (AvgIpc) is 2.24. The van der Waals surface area contributed by atoms with E-state index in [0.29, 0.717) is 0 Å². The highest BCUT2D eigenvalue weighted by molar-refractivity contribution is 4.88. The summed E-state index contributed by atoms with van der Waals surface area (Å²) in [6, 6.07) is 1.52. The Morgan fingerprint density at radius 2 is 2.06 bits per heavy atom. The van der Waals surface area contributed by atoms with Crippen molar-refractivity contribution in [1.82, 2.24) is 10.2 Å². The molecule has 0 radical (unpaired) electrons. The fourth-order valence-electron chi connectivity index (χ4n) is 3.21. The van der Waals surface area contributed by atoms with E-state index in [4.69, 9.17) is 0 Å². The second kappa shape index (κ2) is 6.19. The van der Waals surface area contributed by atoms with E-state index in [1.165, 1.54) is 51.7 Å². The molecule has 2 nitrogen and oxygen atoms in total. The number of piperazine rings is 1. The summed E-state index contributed by atoms with van der Waals surface area (Å²) in [5.41, 5.74) is 0. The van der Waals surface area contributed by atoms with Crippen LogP contribution in [0.1, 0.15) is 52.9 Å². The SMILES string of the molecule is CCC1CN(CC2CCC2)C(CC(C)C)CN1. The maximum atomic E-state index is 3.72. The smallest absolute Gasteiger partial charge is 0.0223 e. The van der Waals surface area contributed by atoms with E-state index in [0.717, 1.165) is 23.9 Å². The first kappa shape index (κ1) is 13.4. The average molecular weight is 238 g/mol. The Hall–Kier alpha value is -0.0800. The molecule has 0 bridgehead atoms. The fraction of sp³-hybridized carbons (Fsp3) is 1.00. The molecule has 1 N–H and O–H groups in total. The quantitative estimate of drug-likeness (QED) is 0.792. The molecule has 2 heteroatoms. The first-order valence-corrected chi connectivity index (χ1v) is 7.66. The Balaban J connectivity index is 1.87. The molecule has 2 rings (SSSR count). The lowest BCUT2D eigenvalue weighted by Gasteiger charge is -2.44. The van der Waals surface area contributed by atoms with Crippen molar-refractivity contribution >= 4 is 0 Å². The van der Waals surface area contributed by atoms with Crippen LogP contribution in [0.2, 0.25) is 0 Å². The minimum Gasteiger partial charge on any atom is -0.311 e. The molecule has 1 saturated heterocycles. The zero-order chi connectivity index (χ0) is 12.3. The molecule has 0 spiro atoms. The van der Waals surface area contributed by atoms with Gasteiger partial charge in [-0.05, 0) is 37.5 Å². The summed E-state index contributed by atoms with van der Waals surface area (Å²) >= 11 is 0. The van der Waals surface area contributed by atoms with Crippen LogP contribution in [0.25, 0.3) is 0 Å². The van der Waals surface area contributed by atoms with E-state index in [1.54, 1.807) is 0 Å². The van der Waals surface area contributed by atoms with Gasteiger partial charge in [0, 0.05) is 31.7 Å². The van der Waals surface area contributed by atoms with Gasteiger partial charge in [-0.1, -0.05) is 27.2 Å². The zero-order valence-electron chi connectivity index (χ0n) is 11.9. The van der Waals surface area contributed by atoms with Gasteiger partial charge in [-0.25, -0.2) is 0 Å². The molecule has 0 aromatic carbocycles. The normalized spacial score (nSPS) is 31.8. The van der Waals surface area contributed by atoms with Crippen LogP contribution in [-0.4, -0.2) is 36.6 Å². The number of nitrogens with zero attached hydrogens (tertiary/aromatic N) is 1. The molecule has 1 saturated carbocycles. The summed E-state index contributed by atoms with van der Waals surface area (Å²) in [5.74, 6) is 1.84. The van der Waals surface area contributed by atoms with Gasteiger partial charge in [0.25, 0.3) is 0 Å². The molecule has 0 aromatic heterocycles. The number of rotatable bonds is 5. The van der Waals surface area contributed by atoms with Gasteiger partial charge in [-0.2, -0.15) is 0 Å². The summed E-state index contributed by atoms with van der Waals surface area (Å²) in [6.07, 6.45) is 7.07. The van der Waals surface area contributed by atoms with E-state index in [9.17, 15) is 0 Å². The van der Waals surface area contributed by atoms with Gasteiger partial charge in [0.15, 0.2) is 0 Å². The lowest BCUT2D eigenvalue weighted by molar-refractivity contribution is 0.0766. The molecule has 2 aliphatic rings. The minimum absolute atomic E-state index is 0.735. The molecule has 2 fully saturated rings. The highest BCUT2D eigenvalue weighted by Crippen LogP contribution is 2.29. The Kier molecular flexibility index (Phi) is 4.87. The first-order valence-electron chi connectivity index (χ1n) is 7.66. The maximum Gasteiger partial charge on any atom is 0.0223 e. The van der Waals surface area contributed by atoms with Crippen molar-refractivity contribution < 1.29 is 0 Å². The van der Waals surface area contributed by atoms with Crippen LogP contribution in [0.4, 0.5) is 0 Å². The van der Waals surface area contributed by atoms with Gasteiger partial charge < -0.3 is 5.32 Å². The van der Waals surface area contributed by atoms with Crippen LogP contribution in [0.15, 0.2) is 0 Å². The molecular weight excluding hydrogens is 208 g/mol. The molecule has 0 aromatic rings. The van der Waals surface area contributed by atoms with Gasteiger partial charge in [0.05, 0.1) is 0 Å². The van der Waals surface area contributed by atoms with Crippen LogP contribution in [-0.2, 0) is 0 Å².